The van der Waals surface area contributed by atoms with Gasteiger partial charge in [-0.2, -0.15) is 4.98 Å². The van der Waals surface area contributed by atoms with Crippen LogP contribution in [0.4, 0.5) is 0 Å². The van der Waals surface area contributed by atoms with E-state index in [0.29, 0.717) is 30.7 Å². The standard InChI is InChI=1S/C29H27ClN2O5/c30-22-15-24-23(31-29(32-24)37-26-16-36-25-12-13-35-28(25)26)14-21(22)20-10-8-19(9-11-20)18-6-4-17(5-7-18)2-1-3-27(33)34/h4-11,14-15,25-26,28H,1-3,12-13,16H2,(H,31,32)(H,33,34)/t25-,26?,28+/m1/s1. The van der Waals surface area contributed by atoms with Crippen LogP contribution >= 0.6 is 11.6 Å². The van der Waals surface area contributed by atoms with Crippen molar-refractivity contribution in [2.24, 2.45) is 0 Å². The van der Waals surface area contributed by atoms with Crippen molar-refractivity contribution in [3.8, 4) is 28.3 Å². The van der Waals surface area contributed by atoms with E-state index >= 15 is 0 Å². The average Bonchev–Trinajstić information content (AvgIpc) is 3.61. The molecule has 6 rings (SSSR count). The molecule has 3 heterocycles. The molecule has 2 fully saturated rings. The summed E-state index contributed by atoms with van der Waals surface area (Å²) in [6.45, 7) is 1.20. The molecule has 0 amide bonds. The fourth-order valence-electron chi connectivity index (χ4n) is 5.11. The Morgan fingerprint density at radius 1 is 1.05 bits per heavy atom. The SMILES string of the molecule is O=C(O)CCCc1ccc(-c2ccc(-c3cc4nc(OC5CO[C@@H]6CCO[C@H]56)[nH]c4cc3Cl)cc2)cc1. The number of carboxylic acids is 1. The van der Waals surface area contributed by atoms with E-state index in [0.717, 1.165) is 51.7 Å². The Bertz CT molecular complexity index is 1420. The Balaban J connectivity index is 1.17. The molecule has 1 unspecified atom stereocenters. The maximum absolute atomic E-state index is 10.7. The van der Waals surface area contributed by atoms with Crippen molar-refractivity contribution in [1.82, 2.24) is 9.97 Å². The van der Waals surface area contributed by atoms with Gasteiger partial charge < -0.3 is 24.3 Å². The Morgan fingerprint density at radius 2 is 1.78 bits per heavy atom. The Hall–Kier alpha value is -3.39. The first-order valence-corrected chi connectivity index (χ1v) is 12.9. The number of carboxylic acid groups (broad SMARTS) is 1. The number of rotatable bonds is 8. The Morgan fingerprint density at radius 3 is 2.54 bits per heavy atom. The van der Waals surface area contributed by atoms with Gasteiger partial charge in [-0.15, -0.1) is 0 Å². The lowest BCUT2D eigenvalue weighted by atomic mass is 9.98. The first-order valence-electron chi connectivity index (χ1n) is 12.5. The molecule has 1 aromatic heterocycles. The average molecular weight is 519 g/mol. The number of aliphatic carboxylic acids is 1. The quantitative estimate of drug-likeness (QED) is 0.302. The second-order valence-corrected chi connectivity index (χ2v) is 9.97. The predicted octanol–water partition coefficient (Wildman–Crippen LogP) is 5.89. The predicted molar refractivity (Wildman–Crippen MR) is 141 cm³/mol. The zero-order valence-corrected chi connectivity index (χ0v) is 20.9. The fraction of sp³-hybridized carbons (Fsp3) is 0.310. The van der Waals surface area contributed by atoms with E-state index in [1.165, 1.54) is 0 Å². The number of ether oxygens (including phenoxy) is 3. The molecule has 2 saturated heterocycles. The summed E-state index contributed by atoms with van der Waals surface area (Å²) in [6.07, 6.45) is 2.39. The monoisotopic (exact) mass is 518 g/mol. The number of fused-ring (bicyclic) bond motifs is 2. The number of benzene rings is 3. The molecule has 190 valence electrons. The van der Waals surface area contributed by atoms with Gasteiger partial charge in [0.15, 0.2) is 6.10 Å². The molecular weight excluding hydrogens is 492 g/mol. The number of imidazole rings is 1. The Labute approximate surface area is 219 Å². The summed E-state index contributed by atoms with van der Waals surface area (Å²) >= 11 is 6.66. The highest BCUT2D eigenvalue weighted by Crippen LogP contribution is 2.35. The normalized spacial score (nSPS) is 20.8. The van der Waals surface area contributed by atoms with Crippen LogP contribution in [0, 0.1) is 0 Å². The molecular formula is C29H27ClN2O5. The first-order chi connectivity index (χ1) is 18.0. The number of hydrogen-bond donors (Lipinski definition) is 2. The zero-order chi connectivity index (χ0) is 25.4. The van der Waals surface area contributed by atoms with Crippen LogP contribution in [0.1, 0.15) is 24.8 Å². The molecule has 2 aliphatic rings. The number of nitrogens with one attached hydrogen (secondary N) is 1. The summed E-state index contributed by atoms with van der Waals surface area (Å²) in [7, 11) is 0. The van der Waals surface area contributed by atoms with Gasteiger partial charge in [-0.1, -0.05) is 60.1 Å². The van der Waals surface area contributed by atoms with Gasteiger partial charge in [-0.25, -0.2) is 0 Å². The summed E-state index contributed by atoms with van der Waals surface area (Å²) in [5, 5.41) is 9.44. The van der Waals surface area contributed by atoms with Gasteiger partial charge in [-0.3, -0.25) is 4.79 Å². The first kappa shape index (κ1) is 24.0. The molecule has 2 N–H and O–H groups in total. The van der Waals surface area contributed by atoms with Crippen LogP contribution < -0.4 is 4.74 Å². The number of nitrogens with zero attached hydrogens (tertiary/aromatic N) is 1. The molecule has 0 spiro atoms. The molecule has 0 aliphatic carbocycles. The summed E-state index contributed by atoms with van der Waals surface area (Å²) in [5.74, 6) is -0.756. The largest absolute Gasteiger partial charge is 0.481 e. The van der Waals surface area contributed by atoms with Crippen molar-refractivity contribution < 1.29 is 24.1 Å². The molecule has 0 bridgehead atoms. The molecule has 4 aromatic rings. The highest BCUT2D eigenvalue weighted by atomic mass is 35.5. The van der Waals surface area contributed by atoms with Crippen LogP contribution in [0.5, 0.6) is 6.01 Å². The summed E-state index contributed by atoms with van der Waals surface area (Å²) in [5.41, 5.74) is 6.83. The van der Waals surface area contributed by atoms with E-state index in [4.69, 9.17) is 30.9 Å². The number of carbonyl (C=O) groups is 1. The van der Waals surface area contributed by atoms with Crippen LogP contribution in [-0.2, 0) is 20.7 Å². The molecule has 0 radical (unpaired) electrons. The lowest BCUT2D eigenvalue weighted by Crippen LogP contribution is -2.32. The second kappa shape index (κ2) is 10.2. The highest BCUT2D eigenvalue weighted by Gasteiger charge is 2.43. The smallest absolute Gasteiger partial charge is 0.303 e. The number of H-pyrrole nitrogens is 1. The molecule has 8 heteroatoms. The number of halogens is 1. The van der Waals surface area contributed by atoms with Gasteiger partial charge in [0.1, 0.15) is 6.10 Å². The Kier molecular flexibility index (Phi) is 6.59. The minimum Gasteiger partial charge on any atom is -0.481 e. The number of hydrogen-bond acceptors (Lipinski definition) is 5. The highest BCUT2D eigenvalue weighted by molar-refractivity contribution is 6.34. The van der Waals surface area contributed by atoms with Gasteiger partial charge in [0.25, 0.3) is 6.01 Å². The van der Waals surface area contributed by atoms with E-state index in [1.807, 2.05) is 12.1 Å². The summed E-state index contributed by atoms with van der Waals surface area (Å²) in [6, 6.07) is 20.8. The molecule has 7 nitrogen and oxygen atoms in total. The maximum Gasteiger partial charge on any atom is 0.303 e. The third-order valence-corrected chi connectivity index (χ3v) is 7.38. The van der Waals surface area contributed by atoms with Gasteiger partial charge in [0, 0.05) is 18.6 Å². The third-order valence-electron chi connectivity index (χ3n) is 7.07. The van der Waals surface area contributed by atoms with E-state index in [9.17, 15) is 4.79 Å². The van der Waals surface area contributed by atoms with Crippen molar-refractivity contribution in [2.75, 3.05) is 13.2 Å². The molecule has 37 heavy (non-hydrogen) atoms. The minimum absolute atomic E-state index is 0.0426. The van der Waals surface area contributed by atoms with Crippen LogP contribution in [0.3, 0.4) is 0 Å². The lowest BCUT2D eigenvalue weighted by Gasteiger charge is -2.15. The van der Waals surface area contributed by atoms with Crippen LogP contribution in [0.25, 0.3) is 33.3 Å². The zero-order valence-electron chi connectivity index (χ0n) is 20.2. The van der Waals surface area contributed by atoms with Crippen molar-refractivity contribution >= 4 is 28.6 Å². The third kappa shape index (κ3) is 5.07. The van der Waals surface area contributed by atoms with Crippen LogP contribution in [0.15, 0.2) is 60.7 Å². The lowest BCUT2D eigenvalue weighted by molar-refractivity contribution is -0.137. The van der Waals surface area contributed by atoms with Gasteiger partial charge >= 0.3 is 5.97 Å². The van der Waals surface area contributed by atoms with Crippen molar-refractivity contribution in [3.05, 3.63) is 71.2 Å². The van der Waals surface area contributed by atoms with Gasteiger partial charge in [0.2, 0.25) is 0 Å². The summed E-state index contributed by atoms with van der Waals surface area (Å²) in [4.78, 5) is 18.6. The number of aromatic nitrogens is 2. The number of aryl methyl sites for hydroxylation is 1. The van der Waals surface area contributed by atoms with E-state index in [-0.39, 0.29) is 24.7 Å². The van der Waals surface area contributed by atoms with E-state index in [2.05, 4.69) is 58.5 Å². The van der Waals surface area contributed by atoms with E-state index < -0.39 is 5.97 Å². The van der Waals surface area contributed by atoms with E-state index in [1.54, 1.807) is 0 Å². The summed E-state index contributed by atoms with van der Waals surface area (Å²) < 4.78 is 17.6. The topological polar surface area (TPSA) is 93.7 Å². The molecule has 0 saturated carbocycles. The molecule has 2 aliphatic heterocycles. The molecule has 3 aromatic carbocycles. The van der Waals surface area contributed by atoms with Crippen molar-refractivity contribution in [1.29, 1.82) is 0 Å². The van der Waals surface area contributed by atoms with Crippen molar-refractivity contribution in [3.63, 3.8) is 0 Å². The number of aromatic amines is 1. The minimum atomic E-state index is -0.756. The van der Waals surface area contributed by atoms with Gasteiger partial charge in [-0.05, 0) is 53.6 Å². The van der Waals surface area contributed by atoms with Crippen molar-refractivity contribution in [2.45, 2.75) is 44.0 Å². The maximum atomic E-state index is 10.7. The van der Waals surface area contributed by atoms with Crippen LogP contribution in [-0.4, -0.2) is 52.6 Å². The second-order valence-electron chi connectivity index (χ2n) is 9.56. The van der Waals surface area contributed by atoms with Gasteiger partial charge in [0.05, 0.1) is 28.8 Å². The fourth-order valence-corrected chi connectivity index (χ4v) is 5.38. The van der Waals surface area contributed by atoms with Crippen LogP contribution in [0.2, 0.25) is 5.02 Å². The molecule has 3 atom stereocenters.